The van der Waals surface area contributed by atoms with E-state index < -0.39 is 41.7 Å². The van der Waals surface area contributed by atoms with Gasteiger partial charge in [0, 0.05) is 6.42 Å². The van der Waals surface area contributed by atoms with Gasteiger partial charge in [0.2, 0.25) is 5.95 Å². The second kappa shape index (κ2) is 13.1. The SMILES string of the molecule is Nc1nc(N)c(NC(=O)Nc2ccc(C(=O)N[C@@H](CCc3nn[nH]n3)C(=O)O)nc2)c(=O)[nH]1.O=C(O)C(F)(F)F. The van der Waals surface area contributed by atoms with Crippen LogP contribution in [-0.2, 0) is 16.0 Å². The number of H-pyrrole nitrogens is 2. The second-order valence-corrected chi connectivity index (χ2v) is 7.26. The van der Waals surface area contributed by atoms with Crippen LogP contribution < -0.4 is 33.0 Å². The van der Waals surface area contributed by atoms with Gasteiger partial charge in [-0.1, -0.05) is 5.21 Å². The number of halogens is 3. The van der Waals surface area contributed by atoms with Gasteiger partial charge in [0.05, 0.1) is 11.9 Å². The number of amides is 3. The van der Waals surface area contributed by atoms with Crippen molar-refractivity contribution in [3.8, 4) is 0 Å². The van der Waals surface area contributed by atoms with E-state index in [1.807, 2.05) is 0 Å². The van der Waals surface area contributed by atoms with Crippen LogP contribution in [-0.4, -0.2) is 81.9 Å². The molecule has 0 radical (unpaired) electrons. The molecule has 3 aromatic rings. The molecule has 0 saturated heterocycles. The first kappa shape index (κ1) is 30.4. The molecule has 3 rings (SSSR count). The van der Waals surface area contributed by atoms with Crippen molar-refractivity contribution in [2.45, 2.75) is 25.1 Å². The lowest BCUT2D eigenvalue weighted by atomic mass is 10.1. The lowest BCUT2D eigenvalue weighted by Crippen LogP contribution is -2.41. The van der Waals surface area contributed by atoms with Crippen molar-refractivity contribution in [1.82, 2.24) is 40.9 Å². The van der Waals surface area contributed by atoms with Crippen LogP contribution in [0.3, 0.4) is 0 Å². The lowest BCUT2D eigenvalue weighted by Gasteiger charge is -2.13. The van der Waals surface area contributed by atoms with E-state index in [1.54, 1.807) is 0 Å². The summed E-state index contributed by atoms with van der Waals surface area (Å²) in [5.41, 5.74) is 9.96. The topological polar surface area (TPSA) is 310 Å². The summed E-state index contributed by atoms with van der Waals surface area (Å²) in [7, 11) is 0. The number of rotatable bonds is 8. The van der Waals surface area contributed by atoms with Gasteiger partial charge in [-0.2, -0.15) is 23.4 Å². The van der Waals surface area contributed by atoms with Crippen molar-refractivity contribution in [3.05, 3.63) is 40.2 Å². The second-order valence-electron chi connectivity index (χ2n) is 7.26. The first-order chi connectivity index (χ1) is 18.7. The Bertz CT molecular complexity index is 1410. The first-order valence-electron chi connectivity index (χ1n) is 10.4. The Hall–Kier alpha value is -5.83. The summed E-state index contributed by atoms with van der Waals surface area (Å²) in [5, 5.41) is 36.5. The number of carbonyl (C=O) groups excluding carboxylic acids is 2. The van der Waals surface area contributed by atoms with Gasteiger partial charge in [0.1, 0.15) is 11.7 Å². The monoisotopic (exact) mass is 572 g/mol. The van der Waals surface area contributed by atoms with Crippen LogP contribution in [0.2, 0.25) is 0 Å². The Labute approximate surface area is 218 Å². The highest BCUT2D eigenvalue weighted by Gasteiger charge is 2.38. The zero-order valence-corrected chi connectivity index (χ0v) is 19.7. The van der Waals surface area contributed by atoms with Gasteiger partial charge in [-0.15, -0.1) is 10.2 Å². The molecule has 3 aromatic heterocycles. The van der Waals surface area contributed by atoms with E-state index in [4.69, 9.17) is 21.4 Å². The number of hydrogen-bond acceptors (Lipinski definition) is 12. The summed E-state index contributed by atoms with van der Waals surface area (Å²) in [5.74, 6) is -4.91. The zero-order chi connectivity index (χ0) is 30.0. The summed E-state index contributed by atoms with van der Waals surface area (Å²) in [4.78, 5) is 66.3. The van der Waals surface area contributed by atoms with Crippen LogP contribution in [0.5, 0.6) is 0 Å². The molecule has 22 heteroatoms. The highest BCUT2D eigenvalue weighted by atomic mass is 19.4. The first-order valence-corrected chi connectivity index (χ1v) is 10.4. The number of aryl methyl sites for hydroxylation is 1. The van der Waals surface area contributed by atoms with Crippen molar-refractivity contribution < 1.29 is 42.6 Å². The molecule has 40 heavy (non-hydrogen) atoms. The maximum atomic E-state index is 12.3. The van der Waals surface area contributed by atoms with Gasteiger partial charge >= 0.3 is 24.1 Å². The fourth-order valence-electron chi connectivity index (χ4n) is 2.56. The summed E-state index contributed by atoms with van der Waals surface area (Å²) in [6, 6.07) is 0.587. The number of aromatic nitrogens is 7. The van der Waals surface area contributed by atoms with Gasteiger partial charge in [-0.05, 0) is 18.6 Å². The molecule has 214 valence electrons. The number of pyridine rings is 1. The molecule has 0 aliphatic carbocycles. The van der Waals surface area contributed by atoms with Crippen LogP contribution in [0, 0.1) is 0 Å². The van der Waals surface area contributed by atoms with Crippen molar-refractivity contribution >= 4 is 47.0 Å². The fourth-order valence-corrected chi connectivity index (χ4v) is 2.56. The molecular formula is C18H19F3N12O7. The fraction of sp³-hybridized carbons (Fsp3) is 0.222. The standard InChI is InChI=1S/C16H18N12O5.C2HF3O2/c17-11-10(13(30)24-15(18)23-11)22-16(33)20-6-1-2-7(19-5-6)12(29)21-8(14(31)32)3-4-9-25-27-28-26-9;3-2(4,5)1(6)7/h1-2,5,8H,3-4H2,(H,21,29)(H,31,32)(H2,20,22,33)(H,25,26,27,28)(H5,17,18,23,24,30);(H,6,7)/t8-;/m0./s1. The predicted molar refractivity (Wildman–Crippen MR) is 126 cm³/mol. The molecule has 3 amide bonds. The molecule has 0 aliphatic heterocycles. The largest absolute Gasteiger partial charge is 0.490 e. The molecule has 0 aromatic carbocycles. The maximum Gasteiger partial charge on any atom is 0.490 e. The van der Waals surface area contributed by atoms with Crippen molar-refractivity contribution in [3.63, 3.8) is 0 Å². The molecule has 0 fully saturated rings. The van der Waals surface area contributed by atoms with Crippen molar-refractivity contribution in [1.29, 1.82) is 0 Å². The summed E-state index contributed by atoms with van der Waals surface area (Å²) in [6.45, 7) is 0. The van der Waals surface area contributed by atoms with Crippen LogP contribution in [0.15, 0.2) is 23.1 Å². The van der Waals surface area contributed by atoms with E-state index in [0.717, 1.165) is 0 Å². The number of anilines is 4. The molecular weight excluding hydrogens is 553 g/mol. The Morgan fingerprint density at radius 3 is 2.27 bits per heavy atom. The molecule has 1 atom stereocenters. The van der Waals surface area contributed by atoms with Crippen LogP contribution in [0.1, 0.15) is 22.7 Å². The number of nitrogens with one attached hydrogen (secondary N) is 5. The Morgan fingerprint density at radius 2 is 1.77 bits per heavy atom. The number of hydrogen-bond donors (Lipinski definition) is 9. The van der Waals surface area contributed by atoms with E-state index in [0.29, 0.717) is 5.82 Å². The minimum absolute atomic E-state index is 0.0304. The number of carboxylic acids is 2. The van der Waals surface area contributed by atoms with Crippen LogP contribution >= 0.6 is 0 Å². The average Bonchev–Trinajstić information content (AvgIpc) is 3.37. The minimum Gasteiger partial charge on any atom is -0.480 e. The van der Waals surface area contributed by atoms with E-state index >= 15 is 0 Å². The minimum atomic E-state index is -5.08. The normalized spacial score (nSPS) is 11.4. The Morgan fingerprint density at radius 1 is 1.10 bits per heavy atom. The number of aromatic amines is 2. The molecule has 0 spiro atoms. The van der Waals surface area contributed by atoms with Gasteiger partial charge in [-0.3, -0.25) is 19.9 Å². The number of urea groups is 1. The van der Waals surface area contributed by atoms with Gasteiger partial charge < -0.3 is 32.3 Å². The Balaban J connectivity index is 0.000000708. The van der Waals surface area contributed by atoms with Gasteiger partial charge in [0.15, 0.2) is 17.3 Å². The summed E-state index contributed by atoms with van der Waals surface area (Å²) in [6.07, 6.45) is -3.71. The van der Waals surface area contributed by atoms with Crippen molar-refractivity contribution in [2.24, 2.45) is 0 Å². The molecule has 0 bridgehead atoms. The average molecular weight is 572 g/mol. The summed E-state index contributed by atoms with van der Waals surface area (Å²) < 4.78 is 31.7. The quantitative estimate of drug-likeness (QED) is 0.155. The van der Waals surface area contributed by atoms with Crippen LogP contribution in [0.25, 0.3) is 0 Å². The Kier molecular flexibility index (Phi) is 9.96. The number of nitrogens with zero attached hydrogens (tertiary/aromatic N) is 5. The molecule has 11 N–H and O–H groups in total. The van der Waals surface area contributed by atoms with Gasteiger partial charge in [0.25, 0.3) is 11.5 Å². The third-order valence-electron chi connectivity index (χ3n) is 4.35. The van der Waals surface area contributed by atoms with E-state index in [-0.39, 0.29) is 41.7 Å². The van der Waals surface area contributed by atoms with E-state index in [9.17, 15) is 37.5 Å². The third kappa shape index (κ3) is 9.24. The third-order valence-corrected chi connectivity index (χ3v) is 4.35. The number of tetrazole rings is 1. The molecule has 19 nitrogen and oxygen atoms in total. The number of nitrogen functional groups attached to an aromatic ring is 2. The number of aliphatic carboxylic acids is 2. The highest BCUT2D eigenvalue weighted by molar-refractivity contribution is 6.01. The lowest BCUT2D eigenvalue weighted by molar-refractivity contribution is -0.192. The molecule has 0 aliphatic rings. The van der Waals surface area contributed by atoms with Crippen LogP contribution in [0.4, 0.5) is 41.1 Å². The van der Waals surface area contributed by atoms with Crippen molar-refractivity contribution in [2.75, 3.05) is 22.1 Å². The number of carbonyl (C=O) groups is 4. The summed E-state index contributed by atoms with van der Waals surface area (Å²) >= 11 is 0. The molecule has 3 heterocycles. The zero-order valence-electron chi connectivity index (χ0n) is 19.7. The number of nitrogens with two attached hydrogens (primary N) is 2. The predicted octanol–water partition coefficient (Wildman–Crippen LogP) is -1.06. The number of carboxylic acid groups (broad SMARTS) is 2. The maximum absolute atomic E-state index is 12.3. The van der Waals surface area contributed by atoms with Gasteiger partial charge in [-0.25, -0.2) is 19.4 Å². The smallest absolute Gasteiger partial charge is 0.480 e. The number of alkyl halides is 3. The highest BCUT2D eigenvalue weighted by Crippen LogP contribution is 2.13. The molecule has 0 unspecified atom stereocenters. The molecule has 0 saturated carbocycles. The van der Waals surface area contributed by atoms with E-state index in [1.165, 1.54) is 18.3 Å². The van der Waals surface area contributed by atoms with E-state index in [2.05, 4.69) is 51.5 Å².